The topological polar surface area (TPSA) is 109 Å². The zero-order chi connectivity index (χ0) is 16.4. The van der Waals surface area contributed by atoms with E-state index >= 15 is 0 Å². The zero-order valence-corrected chi connectivity index (χ0v) is 13.3. The Bertz CT molecular complexity index is 854. The maximum atomic E-state index is 9.52. The number of aliphatic hydroxyl groups excluding tert-OH is 1. The van der Waals surface area contributed by atoms with E-state index in [4.69, 9.17) is 16.6 Å². The first-order chi connectivity index (χ1) is 11.1. The van der Waals surface area contributed by atoms with Gasteiger partial charge in [-0.3, -0.25) is 0 Å². The third-order valence-electron chi connectivity index (χ3n) is 3.90. The molecule has 0 unspecified atom stereocenters. The summed E-state index contributed by atoms with van der Waals surface area (Å²) in [5.41, 5.74) is 16.1. The van der Waals surface area contributed by atoms with Crippen LogP contribution in [0, 0.1) is 23.2 Å². The van der Waals surface area contributed by atoms with Crippen LogP contribution in [0.3, 0.4) is 0 Å². The van der Waals surface area contributed by atoms with Gasteiger partial charge in [0, 0.05) is 33.1 Å². The average Bonchev–Trinajstić information content (AvgIpc) is 3.00. The van der Waals surface area contributed by atoms with Crippen molar-refractivity contribution in [1.82, 2.24) is 4.98 Å². The molecule has 116 valence electrons. The molecule has 5 N–H and O–H groups in total. The van der Waals surface area contributed by atoms with Crippen molar-refractivity contribution in [2.75, 3.05) is 12.3 Å². The molecule has 0 amide bonds. The van der Waals surface area contributed by atoms with E-state index in [0.717, 1.165) is 40.1 Å². The molecule has 6 heteroatoms. The molecule has 0 saturated heterocycles. The molecule has 0 saturated carbocycles. The maximum Gasteiger partial charge on any atom is 0.142 e. The van der Waals surface area contributed by atoms with Gasteiger partial charge in [-0.05, 0) is 30.9 Å². The SMILES string of the molecule is N#Cc1c(N)nc2c(c1-c1cc(C#CCO)cs1)C[C@H](N)CC2. The highest BCUT2D eigenvalue weighted by Gasteiger charge is 2.25. The van der Waals surface area contributed by atoms with Crippen LogP contribution in [-0.4, -0.2) is 22.7 Å². The molecule has 0 aromatic carbocycles. The summed E-state index contributed by atoms with van der Waals surface area (Å²) in [6.45, 7) is -0.179. The van der Waals surface area contributed by atoms with Crippen molar-refractivity contribution in [3.05, 3.63) is 33.8 Å². The fraction of sp³-hybridized carbons (Fsp3) is 0.294. The highest BCUT2D eigenvalue weighted by molar-refractivity contribution is 7.13. The fourth-order valence-corrected chi connectivity index (χ4v) is 3.78. The predicted octanol–water partition coefficient (Wildman–Crippen LogP) is 1.42. The minimum absolute atomic E-state index is 0.0758. The summed E-state index contributed by atoms with van der Waals surface area (Å²) < 4.78 is 0. The summed E-state index contributed by atoms with van der Waals surface area (Å²) in [5.74, 6) is 5.78. The van der Waals surface area contributed by atoms with E-state index in [9.17, 15) is 5.26 Å². The lowest BCUT2D eigenvalue weighted by molar-refractivity contribution is 0.350. The molecule has 2 heterocycles. The van der Waals surface area contributed by atoms with Gasteiger partial charge >= 0.3 is 0 Å². The lowest BCUT2D eigenvalue weighted by atomic mass is 9.86. The molecule has 0 radical (unpaired) electrons. The quantitative estimate of drug-likeness (QED) is 0.687. The number of hydrogen-bond acceptors (Lipinski definition) is 6. The van der Waals surface area contributed by atoms with Gasteiger partial charge in [0.05, 0.1) is 0 Å². The van der Waals surface area contributed by atoms with Crippen LogP contribution in [0.25, 0.3) is 10.4 Å². The van der Waals surface area contributed by atoms with Crippen LogP contribution in [0.15, 0.2) is 11.4 Å². The smallest absolute Gasteiger partial charge is 0.142 e. The Morgan fingerprint density at radius 3 is 3.04 bits per heavy atom. The van der Waals surface area contributed by atoms with Crippen molar-refractivity contribution in [2.24, 2.45) is 5.73 Å². The summed E-state index contributed by atoms with van der Waals surface area (Å²) in [6.07, 6.45) is 2.35. The van der Waals surface area contributed by atoms with E-state index in [1.54, 1.807) is 0 Å². The molecule has 23 heavy (non-hydrogen) atoms. The average molecular weight is 324 g/mol. The van der Waals surface area contributed by atoms with Crippen LogP contribution in [-0.2, 0) is 12.8 Å². The number of aryl methyl sites for hydroxylation is 1. The maximum absolute atomic E-state index is 9.52. The van der Waals surface area contributed by atoms with Gasteiger partial charge in [-0.2, -0.15) is 5.26 Å². The number of nitrogens with two attached hydrogens (primary N) is 2. The van der Waals surface area contributed by atoms with Gasteiger partial charge in [-0.25, -0.2) is 4.98 Å². The molecule has 1 aliphatic carbocycles. The van der Waals surface area contributed by atoms with Crippen LogP contribution in [0.4, 0.5) is 5.82 Å². The number of thiophene rings is 1. The first kappa shape index (κ1) is 15.5. The number of rotatable bonds is 1. The first-order valence-electron chi connectivity index (χ1n) is 7.29. The molecular weight excluding hydrogens is 308 g/mol. The summed E-state index contributed by atoms with van der Waals surface area (Å²) in [4.78, 5) is 5.34. The number of nitrogen functional groups attached to an aromatic ring is 1. The highest BCUT2D eigenvalue weighted by Crippen LogP contribution is 2.38. The minimum Gasteiger partial charge on any atom is -0.384 e. The molecule has 5 nitrogen and oxygen atoms in total. The van der Waals surface area contributed by atoms with Gasteiger partial charge in [0.2, 0.25) is 0 Å². The van der Waals surface area contributed by atoms with Crippen molar-refractivity contribution in [1.29, 1.82) is 5.26 Å². The Labute approximate surface area is 138 Å². The second-order valence-electron chi connectivity index (χ2n) is 5.45. The van der Waals surface area contributed by atoms with Crippen LogP contribution < -0.4 is 11.5 Å². The van der Waals surface area contributed by atoms with Gasteiger partial charge in [-0.15, -0.1) is 11.3 Å². The third kappa shape index (κ3) is 2.93. The molecule has 0 fully saturated rings. The molecule has 2 aromatic heterocycles. The second kappa shape index (κ2) is 6.39. The van der Waals surface area contributed by atoms with Crippen molar-refractivity contribution < 1.29 is 5.11 Å². The monoisotopic (exact) mass is 324 g/mol. The number of aliphatic hydroxyl groups is 1. The zero-order valence-electron chi connectivity index (χ0n) is 12.5. The van der Waals surface area contributed by atoms with Crippen LogP contribution in [0.1, 0.15) is 28.8 Å². The summed E-state index contributed by atoms with van der Waals surface area (Å²) in [5, 5.41) is 20.2. The van der Waals surface area contributed by atoms with Crippen LogP contribution in [0.2, 0.25) is 0 Å². The summed E-state index contributed by atoms with van der Waals surface area (Å²) in [7, 11) is 0. The Morgan fingerprint density at radius 2 is 2.30 bits per heavy atom. The van der Waals surface area contributed by atoms with Crippen molar-refractivity contribution in [2.45, 2.75) is 25.3 Å². The molecular formula is C17H16N4OS. The van der Waals surface area contributed by atoms with E-state index in [0.29, 0.717) is 12.0 Å². The normalized spacial score (nSPS) is 16.1. The Hall–Kier alpha value is -2.38. The molecule has 2 aromatic rings. The Kier molecular flexibility index (Phi) is 4.31. The molecule has 3 rings (SSSR count). The lowest BCUT2D eigenvalue weighted by Gasteiger charge is -2.24. The number of hydrogen-bond donors (Lipinski definition) is 3. The standard InChI is InChI=1S/C17H16N4OS/c18-8-13-16(15-6-10(9-23-15)2-1-5-22)12-7-11(19)3-4-14(12)21-17(13)20/h6,9,11,22H,3-5,7,19H2,(H2,20,21)/t11-/m1/s1. The second-order valence-corrected chi connectivity index (χ2v) is 6.36. The lowest BCUT2D eigenvalue weighted by Crippen LogP contribution is -2.29. The van der Waals surface area contributed by atoms with Crippen LogP contribution in [0.5, 0.6) is 0 Å². The van der Waals surface area contributed by atoms with E-state index in [2.05, 4.69) is 22.9 Å². The highest BCUT2D eigenvalue weighted by atomic mass is 32.1. The van der Waals surface area contributed by atoms with Gasteiger partial charge < -0.3 is 16.6 Å². The largest absolute Gasteiger partial charge is 0.384 e. The number of pyridine rings is 1. The summed E-state index contributed by atoms with van der Waals surface area (Å²) in [6, 6.07) is 4.18. The fourth-order valence-electron chi connectivity index (χ4n) is 2.86. The summed E-state index contributed by atoms with van der Waals surface area (Å²) >= 11 is 1.51. The first-order valence-corrected chi connectivity index (χ1v) is 8.17. The Balaban J connectivity index is 2.19. The van der Waals surface area contributed by atoms with Gasteiger partial charge in [-0.1, -0.05) is 11.8 Å². The number of nitrogens with zero attached hydrogens (tertiary/aromatic N) is 2. The third-order valence-corrected chi connectivity index (χ3v) is 4.85. The van der Waals surface area contributed by atoms with E-state index in [1.807, 2.05) is 11.4 Å². The van der Waals surface area contributed by atoms with Crippen molar-refractivity contribution >= 4 is 17.2 Å². The molecule has 0 aliphatic heterocycles. The number of aromatic nitrogens is 1. The molecule has 0 bridgehead atoms. The van der Waals surface area contributed by atoms with E-state index < -0.39 is 0 Å². The van der Waals surface area contributed by atoms with Gasteiger partial charge in [0.15, 0.2) is 0 Å². The number of anilines is 1. The van der Waals surface area contributed by atoms with Crippen LogP contribution >= 0.6 is 11.3 Å². The van der Waals surface area contributed by atoms with E-state index in [-0.39, 0.29) is 18.5 Å². The molecule has 1 atom stereocenters. The molecule has 1 aliphatic rings. The van der Waals surface area contributed by atoms with Crippen molar-refractivity contribution in [3.8, 4) is 28.4 Å². The van der Waals surface area contributed by atoms with Crippen molar-refractivity contribution in [3.63, 3.8) is 0 Å². The minimum atomic E-state index is -0.179. The van der Waals surface area contributed by atoms with E-state index in [1.165, 1.54) is 11.3 Å². The number of nitriles is 1. The van der Waals surface area contributed by atoms with Gasteiger partial charge in [0.25, 0.3) is 0 Å². The molecule has 0 spiro atoms. The number of fused-ring (bicyclic) bond motifs is 1. The predicted molar refractivity (Wildman–Crippen MR) is 90.6 cm³/mol. The van der Waals surface area contributed by atoms with Gasteiger partial charge in [0.1, 0.15) is 24.1 Å². The Morgan fingerprint density at radius 1 is 1.48 bits per heavy atom.